The zero-order valence-electron chi connectivity index (χ0n) is 11.1. The summed E-state index contributed by atoms with van der Waals surface area (Å²) in [6.45, 7) is 0.446. The highest BCUT2D eigenvalue weighted by Crippen LogP contribution is 2.52. The van der Waals surface area contributed by atoms with E-state index in [9.17, 15) is 10.4 Å². The second kappa shape index (κ2) is 3.63. The smallest absolute Gasteiger partial charge is 0.188 e. The summed E-state index contributed by atoms with van der Waals surface area (Å²) in [5, 5.41) is 20.6. The Balaban J connectivity index is 1.85. The molecule has 0 spiro atoms. The molecule has 0 radical (unpaired) electrons. The predicted molar refractivity (Wildman–Crippen MR) is 71.3 cm³/mol. The highest BCUT2D eigenvalue weighted by molar-refractivity contribution is 5.76. The van der Waals surface area contributed by atoms with Crippen LogP contribution in [0.25, 0.3) is 11.0 Å². The summed E-state index contributed by atoms with van der Waals surface area (Å²) in [7, 11) is 0. The van der Waals surface area contributed by atoms with E-state index in [2.05, 4.69) is 15.6 Å². The molecular formula is C15H13N3O3. The highest BCUT2D eigenvalue weighted by Gasteiger charge is 2.62. The zero-order chi connectivity index (χ0) is 14.2. The lowest BCUT2D eigenvalue weighted by Crippen LogP contribution is -2.57. The van der Waals surface area contributed by atoms with Crippen LogP contribution in [0.2, 0.25) is 0 Å². The SMILES string of the molecule is N#CC1c2nc3ccccc3n2C2CC1(O)C1OCC2O1. The van der Waals surface area contributed by atoms with Gasteiger partial charge in [0.05, 0.1) is 29.8 Å². The molecule has 3 aliphatic rings. The fourth-order valence-corrected chi connectivity index (χ4v) is 3.97. The van der Waals surface area contributed by atoms with E-state index in [0.29, 0.717) is 18.9 Å². The van der Waals surface area contributed by atoms with Crippen LogP contribution < -0.4 is 0 Å². The van der Waals surface area contributed by atoms with Crippen LogP contribution in [0.1, 0.15) is 24.2 Å². The Labute approximate surface area is 120 Å². The number of ether oxygens (including phenoxy) is 2. The number of nitriles is 1. The minimum absolute atomic E-state index is 0.0410. The van der Waals surface area contributed by atoms with Crippen molar-refractivity contribution in [1.82, 2.24) is 9.55 Å². The third-order valence-electron chi connectivity index (χ3n) is 4.93. The Morgan fingerprint density at radius 3 is 3.14 bits per heavy atom. The number of aromatic nitrogens is 2. The molecule has 4 bridgehead atoms. The summed E-state index contributed by atoms with van der Waals surface area (Å²) >= 11 is 0. The normalized spacial score (nSPS) is 40.0. The molecule has 2 aromatic rings. The average molecular weight is 283 g/mol. The molecule has 5 atom stereocenters. The summed E-state index contributed by atoms with van der Waals surface area (Å²) in [5.74, 6) is -0.119. The van der Waals surface area contributed by atoms with Crippen LogP contribution in [0.4, 0.5) is 0 Å². The molecule has 1 aromatic heterocycles. The number of imidazole rings is 1. The van der Waals surface area contributed by atoms with Gasteiger partial charge in [-0.15, -0.1) is 0 Å². The lowest BCUT2D eigenvalue weighted by Gasteiger charge is -2.47. The predicted octanol–water partition coefficient (Wildman–Crippen LogP) is 1.07. The monoisotopic (exact) mass is 283 g/mol. The molecule has 6 heteroatoms. The molecule has 2 fully saturated rings. The highest BCUT2D eigenvalue weighted by atomic mass is 16.7. The van der Waals surface area contributed by atoms with Gasteiger partial charge in [0, 0.05) is 6.42 Å². The first-order valence-electron chi connectivity index (χ1n) is 7.08. The van der Waals surface area contributed by atoms with Crippen LogP contribution in [0.5, 0.6) is 0 Å². The number of benzene rings is 1. The van der Waals surface area contributed by atoms with Crippen LogP contribution in [0.3, 0.4) is 0 Å². The van der Waals surface area contributed by atoms with Gasteiger partial charge in [0.15, 0.2) is 6.29 Å². The van der Waals surface area contributed by atoms with Crippen molar-refractivity contribution in [1.29, 1.82) is 5.26 Å². The fraction of sp³-hybridized carbons (Fsp3) is 0.467. The van der Waals surface area contributed by atoms with E-state index in [-0.39, 0.29) is 12.1 Å². The topological polar surface area (TPSA) is 80.3 Å². The lowest BCUT2D eigenvalue weighted by atomic mass is 9.76. The van der Waals surface area contributed by atoms with Crippen molar-refractivity contribution in [2.45, 2.75) is 36.4 Å². The Morgan fingerprint density at radius 2 is 2.29 bits per heavy atom. The molecule has 1 aromatic carbocycles. The second-order valence-electron chi connectivity index (χ2n) is 5.99. The van der Waals surface area contributed by atoms with Gasteiger partial charge in [-0.1, -0.05) is 12.1 Å². The van der Waals surface area contributed by atoms with Gasteiger partial charge in [0.25, 0.3) is 0 Å². The third-order valence-corrected chi connectivity index (χ3v) is 4.93. The van der Waals surface area contributed by atoms with E-state index in [4.69, 9.17) is 9.47 Å². The van der Waals surface area contributed by atoms with Crippen molar-refractivity contribution in [2.75, 3.05) is 6.61 Å². The first-order valence-corrected chi connectivity index (χ1v) is 7.08. The molecular weight excluding hydrogens is 270 g/mol. The Hall–Kier alpha value is -1.94. The molecule has 106 valence electrons. The Morgan fingerprint density at radius 1 is 1.43 bits per heavy atom. The van der Waals surface area contributed by atoms with Gasteiger partial charge in [0.1, 0.15) is 23.4 Å². The summed E-state index contributed by atoms with van der Waals surface area (Å²) in [5.41, 5.74) is 0.513. The van der Waals surface area contributed by atoms with Gasteiger partial charge in [-0.2, -0.15) is 5.26 Å². The van der Waals surface area contributed by atoms with Crippen molar-refractivity contribution >= 4 is 11.0 Å². The molecule has 0 amide bonds. The number of hydrogen-bond donors (Lipinski definition) is 1. The third kappa shape index (κ3) is 1.25. The van der Waals surface area contributed by atoms with E-state index in [1.807, 2.05) is 24.3 Å². The van der Waals surface area contributed by atoms with Crippen LogP contribution in [0.15, 0.2) is 24.3 Å². The molecule has 5 unspecified atom stereocenters. The molecule has 5 rings (SSSR count). The van der Waals surface area contributed by atoms with Crippen molar-refractivity contribution in [3.8, 4) is 6.07 Å². The number of fused-ring (bicyclic) bond motifs is 10. The van der Waals surface area contributed by atoms with Gasteiger partial charge >= 0.3 is 0 Å². The van der Waals surface area contributed by atoms with E-state index < -0.39 is 17.8 Å². The first kappa shape index (κ1) is 11.7. The molecule has 21 heavy (non-hydrogen) atoms. The number of hydrogen-bond acceptors (Lipinski definition) is 5. The fourth-order valence-electron chi connectivity index (χ4n) is 3.97. The molecule has 2 saturated heterocycles. The zero-order valence-corrected chi connectivity index (χ0v) is 11.1. The van der Waals surface area contributed by atoms with E-state index in [0.717, 1.165) is 11.0 Å². The summed E-state index contributed by atoms with van der Waals surface area (Å²) < 4.78 is 13.4. The number of para-hydroxylation sites is 2. The molecule has 6 nitrogen and oxygen atoms in total. The molecule has 4 heterocycles. The number of aliphatic hydroxyl groups is 1. The van der Waals surface area contributed by atoms with Crippen LogP contribution in [0, 0.1) is 11.3 Å². The van der Waals surface area contributed by atoms with Gasteiger partial charge in [-0.05, 0) is 12.1 Å². The van der Waals surface area contributed by atoms with Crippen LogP contribution >= 0.6 is 0 Å². The molecule has 1 N–H and O–H groups in total. The number of rotatable bonds is 0. The van der Waals surface area contributed by atoms with E-state index in [1.54, 1.807) is 0 Å². The van der Waals surface area contributed by atoms with Gasteiger partial charge in [-0.3, -0.25) is 0 Å². The van der Waals surface area contributed by atoms with Gasteiger partial charge in [-0.25, -0.2) is 4.98 Å². The summed E-state index contributed by atoms with van der Waals surface area (Å²) in [4.78, 5) is 4.60. The minimum atomic E-state index is -1.32. The Bertz CT molecular complexity index is 795. The maximum atomic E-state index is 11.0. The van der Waals surface area contributed by atoms with Crippen molar-refractivity contribution < 1.29 is 14.6 Å². The van der Waals surface area contributed by atoms with Gasteiger partial charge in [0.2, 0.25) is 0 Å². The van der Waals surface area contributed by atoms with E-state index in [1.165, 1.54) is 0 Å². The lowest BCUT2D eigenvalue weighted by molar-refractivity contribution is -0.234. The van der Waals surface area contributed by atoms with Crippen molar-refractivity contribution in [3.05, 3.63) is 30.1 Å². The van der Waals surface area contributed by atoms with Crippen LogP contribution in [-0.4, -0.2) is 39.3 Å². The molecule has 0 aliphatic carbocycles. The Kier molecular flexibility index (Phi) is 2.02. The van der Waals surface area contributed by atoms with Crippen molar-refractivity contribution in [3.63, 3.8) is 0 Å². The molecule has 0 saturated carbocycles. The maximum absolute atomic E-state index is 11.0. The van der Waals surface area contributed by atoms with Crippen molar-refractivity contribution in [2.24, 2.45) is 0 Å². The molecule has 3 aliphatic heterocycles. The number of nitrogens with zero attached hydrogens (tertiary/aromatic N) is 3. The summed E-state index contributed by atoms with van der Waals surface area (Å²) in [6.07, 6.45) is -0.350. The first-order chi connectivity index (χ1) is 10.2. The van der Waals surface area contributed by atoms with E-state index >= 15 is 0 Å². The largest absolute Gasteiger partial charge is 0.383 e. The summed E-state index contributed by atoms with van der Waals surface area (Å²) in [6, 6.07) is 9.97. The standard InChI is InChI=1S/C15H13N3O3/c16-6-8-13-17-9-3-1-2-4-10(9)18(13)11-5-15(8,19)14-20-7-12(11)21-14/h1-4,8,11-12,14,19H,5,7H2. The minimum Gasteiger partial charge on any atom is -0.383 e. The van der Waals surface area contributed by atoms with Crippen LogP contribution in [-0.2, 0) is 9.47 Å². The maximum Gasteiger partial charge on any atom is 0.188 e. The average Bonchev–Trinajstić information content (AvgIpc) is 3.09. The second-order valence-corrected chi connectivity index (χ2v) is 5.99. The quantitative estimate of drug-likeness (QED) is 0.782. The van der Waals surface area contributed by atoms with Gasteiger partial charge < -0.3 is 19.1 Å².